The van der Waals surface area contributed by atoms with Gasteiger partial charge in [-0.1, -0.05) is 12.1 Å². The highest BCUT2D eigenvalue weighted by molar-refractivity contribution is 9.10. The standard InChI is InChI=1S/C8H5BrF3O/c9-6-3-1-2-4-7(6)13-5-8(10,11)12/h1-2,4H,5H2. The Morgan fingerprint density at radius 3 is 2.69 bits per heavy atom. The molecule has 0 saturated heterocycles. The largest absolute Gasteiger partial charge is 0.483 e. The molecule has 0 heterocycles. The molecule has 0 atom stereocenters. The summed E-state index contributed by atoms with van der Waals surface area (Å²) in [6.07, 6.45) is -4.31. The molecular weight excluding hydrogens is 249 g/mol. The molecule has 0 aliphatic heterocycles. The van der Waals surface area contributed by atoms with E-state index in [1.807, 2.05) is 0 Å². The minimum absolute atomic E-state index is 0.139. The summed E-state index contributed by atoms with van der Waals surface area (Å²) < 4.78 is 40.1. The number of halogens is 4. The maximum absolute atomic E-state index is 11.7. The van der Waals surface area contributed by atoms with E-state index in [0.717, 1.165) is 0 Å². The third kappa shape index (κ3) is 3.67. The molecule has 0 amide bonds. The molecule has 0 aromatic heterocycles. The highest BCUT2D eigenvalue weighted by Crippen LogP contribution is 2.25. The van der Waals surface area contributed by atoms with Gasteiger partial charge in [0.25, 0.3) is 0 Å². The van der Waals surface area contributed by atoms with Crippen LogP contribution in [-0.4, -0.2) is 12.8 Å². The number of hydrogen-bond acceptors (Lipinski definition) is 1. The summed E-state index contributed by atoms with van der Waals surface area (Å²) in [7, 11) is 0. The van der Waals surface area contributed by atoms with Crippen LogP contribution in [0.4, 0.5) is 13.2 Å². The van der Waals surface area contributed by atoms with Crippen molar-refractivity contribution in [3.8, 4) is 5.75 Å². The van der Waals surface area contributed by atoms with Crippen molar-refractivity contribution in [1.82, 2.24) is 0 Å². The van der Waals surface area contributed by atoms with Crippen molar-refractivity contribution >= 4 is 15.9 Å². The lowest BCUT2D eigenvalue weighted by Gasteiger charge is -2.09. The maximum Gasteiger partial charge on any atom is 0.422 e. The van der Waals surface area contributed by atoms with Crippen LogP contribution >= 0.6 is 15.9 Å². The molecule has 1 nitrogen and oxygen atoms in total. The van der Waals surface area contributed by atoms with E-state index in [-0.39, 0.29) is 5.75 Å². The highest BCUT2D eigenvalue weighted by atomic mass is 79.9. The molecule has 0 spiro atoms. The molecule has 0 unspecified atom stereocenters. The number of alkyl halides is 3. The normalized spacial score (nSPS) is 11.4. The average Bonchev–Trinajstić information content (AvgIpc) is 2.01. The van der Waals surface area contributed by atoms with Gasteiger partial charge in [0.1, 0.15) is 5.75 Å². The molecule has 5 heteroatoms. The van der Waals surface area contributed by atoms with Gasteiger partial charge in [-0.2, -0.15) is 13.2 Å². The van der Waals surface area contributed by atoms with Crippen LogP contribution in [0.1, 0.15) is 0 Å². The maximum atomic E-state index is 11.7. The van der Waals surface area contributed by atoms with Crippen molar-refractivity contribution in [2.45, 2.75) is 6.18 Å². The summed E-state index contributed by atoms with van der Waals surface area (Å²) in [4.78, 5) is 0. The zero-order valence-corrected chi connectivity index (χ0v) is 7.95. The Bertz CT molecular complexity index is 285. The van der Waals surface area contributed by atoms with Crippen LogP contribution in [0.25, 0.3) is 0 Å². The lowest BCUT2D eigenvalue weighted by molar-refractivity contribution is -0.153. The molecule has 0 fully saturated rings. The van der Waals surface area contributed by atoms with Gasteiger partial charge in [0.15, 0.2) is 6.61 Å². The Morgan fingerprint density at radius 2 is 2.15 bits per heavy atom. The summed E-state index contributed by atoms with van der Waals surface area (Å²) in [5.41, 5.74) is 0. The molecule has 13 heavy (non-hydrogen) atoms. The molecule has 1 aromatic rings. The second-order valence-corrected chi connectivity index (χ2v) is 3.05. The van der Waals surface area contributed by atoms with E-state index in [1.54, 1.807) is 12.1 Å². The molecule has 71 valence electrons. The molecular formula is C8H5BrF3O. The smallest absolute Gasteiger partial charge is 0.422 e. The fraction of sp³-hybridized carbons (Fsp3) is 0.250. The lowest BCUT2D eigenvalue weighted by Crippen LogP contribution is -2.19. The Labute approximate surface area is 81.6 Å². The molecule has 0 aliphatic carbocycles. The predicted molar refractivity (Wildman–Crippen MR) is 44.5 cm³/mol. The summed E-state index contributed by atoms with van der Waals surface area (Å²) in [5.74, 6) is 0.139. The van der Waals surface area contributed by atoms with Crippen LogP contribution < -0.4 is 4.74 Å². The SMILES string of the molecule is FC(F)(F)COc1ccc[c]c1Br. The second-order valence-electron chi connectivity index (χ2n) is 2.25. The second kappa shape index (κ2) is 4.00. The molecule has 1 rings (SSSR count). The first-order valence-electron chi connectivity index (χ1n) is 3.35. The number of ether oxygens (including phenoxy) is 1. The predicted octanol–water partition coefficient (Wildman–Crippen LogP) is 3.19. The average molecular weight is 254 g/mol. The van der Waals surface area contributed by atoms with Crippen LogP contribution in [0.15, 0.2) is 22.7 Å². The molecule has 1 aromatic carbocycles. The lowest BCUT2D eigenvalue weighted by atomic mass is 10.3. The van der Waals surface area contributed by atoms with E-state index >= 15 is 0 Å². The summed E-state index contributed by atoms with van der Waals surface area (Å²) in [6, 6.07) is 7.22. The fourth-order valence-electron chi connectivity index (χ4n) is 0.672. The van der Waals surface area contributed by atoms with E-state index in [9.17, 15) is 13.2 Å². The van der Waals surface area contributed by atoms with Crippen LogP contribution in [0, 0.1) is 6.07 Å². The topological polar surface area (TPSA) is 9.23 Å². The van der Waals surface area contributed by atoms with E-state index in [0.29, 0.717) is 4.47 Å². The molecule has 1 radical (unpaired) electrons. The van der Waals surface area contributed by atoms with Gasteiger partial charge in [0, 0.05) is 6.07 Å². The number of hydrogen-bond donors (Lipinski definition) is 0. The van der Waals surface area contributed by atoms with E-state index in [4.69, 9.17) is 0 Å². The van der Waals surface area contributed by atoms with E-state index < -0.39 is 12.8 Å². The van der Waals surface area contributed by atoms with E-state index in [2.05, 4.69) is 26.7 Å². The third-order valence-electron chi connectivity index (χ3n) is 1.16. The third-order valence-corrected chi connectivity index (χ3v) is 1.78. The van der Waals surface area contributed by atoms with Gasteiger partial charge in [-0.05, 0) is 22.0 Å². The van der Waals surface area contributed by atoms with Gasteiger partial charge >= 0.3 is 6.18 Å². The molecule has 0 bridgehead atoms. The molecule has 0 saturated carbocycles. The summed E-state index contributed by atoms with van der Waals surface area (Å²) in [5, 5.41) is 0. The van der Waals surface area contributed by atoms with Crippen molar-refractivity contribution in [2.24, 2.45) is 0 Å². The van der Waals surface area contributed by atoms with Gasteiger partial charge in [-0.15, -0.1) is 0 Å². The van der Waals surface area contributed by atoms with Gasteiger partial charge in [0.05, 0.1) is 4.47 Å². The van der Waals surface area contributed by atoms with Crippen molar-refractivity contribution in [2.75, 3.05) is 6.61 Å². The number of benzene rings is 1. The van der Waals surface area contributed by atoms with Crippen LogP contribution in [0.5, 0.6) is 5.75 Å². The Morgan fingerprint density at radius 1 is 1.46 bits per heavy atom. The van der Waals surface area contributed by atoms with Gasteiger partial charge in [0.2, 0.25) is 0 Å². The Balaban J connectivity index is 2.60. The first kappa shape index (κ1) is 10.4. The monoisotopic (exact) mass is 253 g/mol. The van der Waals surface area contributed by atoms with Gasteiger partial charge in [-0.25, -0.2) is 0 Å². The van der Waals surface area contributed by atoms with Crippen molar-refractivity contribution in [3.05, 3.63) is 28.7 Å². The molecule has 0 aliphatic rings. The number of rotatable bonds is 2. The minimum Gasteiger partial charge on any atom is -0.483 e. The van der Waals surface area contributed by atoms with Crippen LogP contribution in [0.3, 0.4) is 0 Å². The van der Waals surface area contributed by atoms with Crippen molar-refractivity contribution in [1.29, 1.82) is 0 Å². The zero-order valence-electron chi connectivity index (χ0n) is 6.36. The Hall–Kier alpha value is -0.710. The minimum atomic E-state index is -4.31. The first-order valence-corrected chi connectivity index (χ1v) is 4.14. The quantitative estimate of drug-likeness (QED) is 0.787. The van der Waals surface area contributed by atoms with Gasteiger partial charge < -0.3 is 4.74 Å². The highest BCUT2D eigenvalue weighted by Gasteiger charge is 2.28. The van der Waals surface area contributed by atoms with Crippen LogP contribution in [-0.2, 0) is 0 Å². The molecule has 0 N–H and O–H groups in total. The van der Waals surface area contributed by atoms with Crippen molar-refractivity contribution in [3.63, 3.8) is 0 Å². The van der Waals surface area contributed by atoms with Crippen molar-refractivity contribution < 1.29 is 17.9 Å². The summed E-state index contributed by atoms with van der Waals surface area (Å²) in [6.45, 7) is -1.29. The summed E-state index contributed by atoms with van der Waals surface area (Å²) >= 11 is 3.02. The van der Waals surface area contributed by atoms with Crippen LogP contribution in [0.2, 0.25) is 0 Å². The first-order chi connectivity index (χ1) is 5.99. The Kier molecular flexibility index (Phi) is 3.19. The fourth-order valence-corrected chi connectivity index (χ4v) is 1.05. The zero-order chi connectivity index (χ0) is 9.90. The van der Waals surface area contributed by atoms with E-state index in [1.165, 1.54) is 6.07 Å². The van der Waals surface area contributed by atoms with Gasteiger partial charge in [-0.3, -0.25) is 0 Å².